The minimum atomic E-state index is -3.04. The van der Waals surface area contributed by atoms with Gasteiger partial charge in [0.15, 0.2) is 18.1 Å². The van der Waals surface area contributed by atoms with Crippen LogP contribution in [0.2, 0.25) is 0 Å². The summed E-state index contributed by atoms with van der Waals surface area (Å²) in [5, 5.41) is 11.4. The minimum absolute atomic E-state index is 0.0151. The van der Waals surface area contributed by atoms with Gasteiger partial charge in [0.25, 0.3) is 5.91 Å². The maximum atomic E-state index is 12.3. The summed E-state index contributed by atoms with van der Waals surface area (Å²) in [7, 11) is 1.23. The Hall–Kier alpha value is -3.67. The molecule has 0 aromatic heterocycles. The zero-order valence-corrected chi connectivity index (χ0v) is 14.1. The van der Waals surface area contributed by atoms with Crippen molar-refractivity contribution in [3.05, 3.63) is 53.6 Å². The third-order valence-corrected chi connectivity index (χ3v) is 3.27. The molecule has 0 aliphatic carbocycles. The number of para-hydroxylation sites is 1. The van der Waals surface area contributed by atoms with Crippen LogP contribution in [0.4, 0.5) is 14.5 Å². The highest BCUT2D eigenvalue weighted by atomic mass is 19.3. The fraction of sp³-hybridized carbons (Fsp3) is 0.167. The predicted molar refractivity (Wildman–Crippen MR) is 89.7 cm³/mol. The lowest BCUT2D eigenvalue weighted by molar-refractivity contribution is -0.119. The number of ether oxygens (including phenoxy) is 3. The molecular weight excluding hydrogens is 362 g/mol. The highest BCUT2D eigenvalue weighted by Crippen LogP contribution is 2.29. The van der Waals surface area contributed by atoms with Crippen molar-refractivity contribution in [2.75, 3.05) is 19.0 Å². The van der Waals surface area contributed by atoms with Crippen LogP contribution in [0.3, 0.4) is 0 Å². The molecule has 0 aliphatic heterocycles. The molecule has 0 fully saturated rings. The second-order valence-electron chi connectivity index (χ2n) is 5.03. The third kappa shape index (κ3) is 5.40. The van der Waals surface area contributed by atoms with E-state index < -0.39 is 25.1 Å². The second-order valence-corrected chi connectivity index (χ2v) is 5.03. The Morgan fingerprint density at radius 1 is 1.19 bits per heavy atom. The van der Waals surface area contributed by atoms with Gasteiger partial charge in [0.1, 0.15) is 6.07 Å². The van der Waals surface area contributed by atoms with Gasteiger partial charge in [-0.15, -0.1) is 0 Å². The zero-order valence-electron chi connectivity index (χ0n) is 14.1. The van der Waals surface area contributed by atoms with E-state index in [1.165, 1.54) is 25.3 Å². The van der Waals surface area contributed by atoms with Crippen LogP contribution in [0.5, 0.6) is 11.5 Å². The van der Waals surface area contributed by atoms with Crippen molar-refractivity contribution in [1.29, 1.82) is 5.26 Å². The summed E-state index contributed by atoms with van der Waals surface area (Å²) in [6, 6.07) is 11.7. The van der Waals surface area contributed by atoms with Gasteiger partial charge in [-0.3, -0.25) is 4.79 Å². The van der Waals surface area contributed by atoms with Gasteiger partial charge in [-0.25, -0.2) is 4.79 Å². The van der Waals surface area contributed by atoms with Gasteiger partial charge in [0, 0.05) is 0 Å². The van der Waals surface area contributed by atoms with Crippen LogP contribution in [-0.2, 0) is 9.53 Å². The number of benzene rings is 2. The van der Waals surface area contributed by atoms with E-state index in [1.54, 1.807) is 12.1 Å². The number of carbonyl (C=O) groups is 2. The van der Waals surface area contributed by atoms with Crippen molar-refractivity contribution in [3.63, 3.8) is 0 Å². The van der Waals surface area contributed by atoms with Crippen LogP contribution in [0.15, 0.2) is 42.5 Å². The molecule has 2 aromatic rings. The summed E-state index contributed by atoms with van der Waals surface area (Å²) in [5.74, 6) is -1.83. The molecule has 1 amide bonds. The van der Waals surface area contributed by atoms with Gasteiger partial charge in [-0.05, 0) is 30.3 Å². The monoisotopic (exact) mass is 376 g/mol. The van der Waals surface area contributed by atoms with Crippen LogP contribution < -0.4 is 14.8 Å². The first-order valence-electron chi connectivity index (χ1n) is 7.53. The first-order valence-corrected chi connectivity index (χ1v) is 7.53. The number of esters is 1. The van der Waals surface area contributed by atoms with Gasteiger partial charge < -0.3 is 19.5 Å². The van der Waals surface area contributed by atoms with Gasteiger partial charge in [0.2, 0.25) is 0 Å². The second kappa shape index (κ2) is 9.15. The van der Waals surface area contributed by atoms with Crippen molar-refractivity contribution in [2.45, 2.75) is 6.61 Å². The van der Waals surface area contributed by atoms with E-state index >= 15 is 0 Å². The molecule has 0 aliphatic rings. The number of alkyl halides is 2. The lowest BCUT2D eigenvalue weighted by atomic mass is 10.2. The Labute approximate surface area is 153 Å². The maximum absolute atomic E-state index is 12.3. The summed E-state index contributed by atoms with van der Waals surface area (Å²) >= 11 is 0. The summed E-state index contributed by atoms with van der Waals surface area (Å²) < 4.78 is 38.6. The third-order valence-electron chi connectivity index (χ3n) is 3.27. The fourth-order valence-electron chi connectivity index (χ4n) is 2.08. The Bertz CT molecular complexity index is 880. The molecule has 0 bridgehead atoms. The van der Waals surface area contributed by atoms with Crippen LogP contribution in [0, 0.1) is 11.3 Å². The van der Waals surface area contributed by atoms with Crippen molar-refractivity contribution in [2.24, 2.45) is 0 Å². The molecule has 140 valence electrons. The molecule has 0 heterocycles. The van der Waals surface area contributed by atoms with Crippen molar-refractivity contribution in [3.8, 4) is 17.6 Å². The van der Waals surface area contributed by atoms with Gasteiger partial charge >= 0.3 is 12.6 Å². The first-order chi connectivity index (χ1) is 12.9. The number of hydrogen-bond donors (Lipinski definition) is 1. The summed E-state index contributed by atoms with van der Waals surface area (Å²) in [4.78, 5) is 23.9. The predicted octanol–water partition coefficient (Wildman–Crippen LogP) is 2.96. The lowest BCUT2D eigenvalue weighted by Crippen LogP contribution is -2.21. The van der Waals surface area contributed by atoms with Crippen LogP contribution in [0.25, 0.3) is 0 Å². The number of anilines is 1. The molecule has 27 heavy (non-hydrogen) atoms. The number of halogens is 2. The molecule has 7 nitrogen and oxygen atoms in total. The number of nitrogens with one attached hydrogen (secondary N) is 1. The number of methoxy groups -OCH3 is 1. The van der Waals surface area contributed by atoms with Crippen LogP contribution in [-0.4, -0.2) is 32.2 Å². The van der Waals surface area contributed by atoms with E-state index in [2.05, 4.69) is 10.1 Å². The van der Waals surface area contributed by atoms with Crippen LogP contribution >= 0.6 is 0 Å². The van der Waals surface area contributed by atoms with E-state index in [9.17, 15) is 18.4 Å². The number of rotatable bonds is 7. The summed E-state index contributed by atoms with van der Waals surface area (Å²) in [5.41, 5.74) is 0.534. The number of nitrogens with zero attached hydrogens (tertiary/aromatic N) is 1. The van der Waals surface area contributed by atoms with E-state index in [-0.39, 0.29) is 28.3 Å². The highest BCUT2D eigenvalue weighted by molar-refractivity contribution is 5.96. The molecule has 9 heteroatoms. The van der Waals surface area contributed by atoms with E-state index in [0.717, 1.165) is 12.1 Å². The van der Waals surface area contributed by atoms with E-state index in [0.29, 0.717) is 0 Å². The number of hydrogen-bond acceptors (Lipinski definition) is 6. The maximum Gasteiger partial charge on any atom is 0.387 e. The smallest absolute Gasteiger partial charge is 0.387 e. The Balaban J connectivity index is 1.99. The molecule has 0 saturated carbocycles. The van der Waals surface area contributed by atoms with Gasteiger partial charge in [0.05, 0.1) is 23.9 Å². The number of amides is 1. The highest BCUT2D eigenvalue weighted by Gasteiger charge is 2.16. The molecule has 0 saturated heterocycles. The van der Waals surface area contributed by atoms with Crippen molar-refractivity contribution < 1.29 is 32.6 Å². The Morgan fingerprint density at radius 2 is 1.93 bits per heavy atom. The van der Waals surface area contributed by atoms with E-state index in [4.69, 9.17) is 14.7 Å². The molecule has 2 aromatic carbocycles. The zero-order chi connectivity index (χ0) is 19.8. The molecule has 0 spiro atoms. The SMILES string of the molecule is COc1cc(C(=O)OCC(=O)Nc2ccccc2C#N)ccc1OC(F)F. The summed E-state index contributed by atoms with van der Waals surface area (Å²) in [6.07, 6.45) is 0. The normalized spacial score (nSPS) is 10.0. The van der Waals surface area contributed by atoms with Crippen molar-refractivity contribution >= 4 is 17.6 Å². The molecule has 0 atom stereocenters. The Morgan fingerprint density at radius 3 is 2.59 bits per heavy atom. The number of nitriles is 1. The molecule has 0 unspecified atom stereocenters. The van der Waals surface area contributed by atoms with Gasteiger partial charge in [-0.1, -0.05) is 12.1 Å². The minimum Gasteiger partial charge on any atom is -0.493 e. The Kier molecular flexibility index (Phi) is 6.66. The fourth-order valence-corrected chi connectivity index (χ4v) is 2.08. The van der Waals surface area contributed by atoms with Crippen molar-refractivity contribution in [1.82, 2.24) is 0 Å². The van der Waals surface area contributed by atoms with E-state index in [1.807, 2.05) is 6.07 Å². The average Bonchev–Trinajstić information content (AvgIpc) is 2.66. The first kappa shape index (κ1) is 19.7. The standard InChI is InChI=1S/C18H14F2N2O5/c1-25-15-8-11(6-7-14(15)27-18(19)20)17(24)26-10-16(23)22-13-5-3-2-4-12(13)9-21/h2-8,18H,10H2,1H3,(H,22,23). The quantitative estimate of drug-likeness (QED) is 0.746. The van der Waals surface area contributed by atoms with Gasteiger partial charge in [-0.2, -0.15) is 14.0 Å². The largest absolute Gasteiger partial charge is 0.493 e. The topological polar surface area (TPSA) is 97.6 Å². The summed E-state index contributed by atoms with van der Waals surface area (Å²) in [6.45, 7) is -3.65. The molecule has 2 rings (SSSR count). The average molecular weight is 376 g/mol. The lowest BCUT2D eigenvalue weighted by Gasteiger charge is -2.11. The molecule has 1 N–H and O–H groups in total. The molecular formula is C18H14F2N2O5. The number of carbonyl (C=O) groups excluding carboxylic acids is 2. The molecule has 0 radical (unpaired) electrons. The van der Waals surface area contributed by atoms with Crippen LogP contribution in [0.1, 0.15) is 15.9 Å².